The first-order chi connectivity index (χ1) is 15.6. The molecule has 34 heavy (non-hydrogen) atoms. The highest BCUT2D eigenvalue weighted by atomic mass is 32.2. The van der Waals surface area contributed by atoms with Crippen LogP contribution in [0.1, 0.15) is 79.5 Å². The molecule has 0 aliphatic carbocycles. The minimum atomic E-state index is -1.17. The van der Waals surface area contributed by atoms with E-state index in [1.54, 1.807) is 0 Å². The van der Waals surface area contributed by atoms with Crippen molar-refractivity contribution in [3.05, 3.63) is 77.9 Å². The second kappa shape index (κ2) is 9.84. The molecule has 0 bridgehead atoms. The SMILES string of the molecule is CN([C@H](c1ccc2ccccc2c1)c1ccccc1P(C(C)(C)C)C(C)(C)C)[S@](=O)C(C)(C)C. The molecule has 0 amide bonds. The fraction of sp³-hybridized carbons (Fsp3) is 0.467. The maximum absolute atomic E-state index is 13.7. The van der Waals surface area contributed by atoms with Crippen LogP contribution in [0.2, 0.25) is 0 Å². The van der Waals surface area contributed by atoms with Gasteiger partial charge < -0.3 is 0 Å². The average molecular weight is 496 g/mol. The number of hydrogen-bond donors (Lipinski definition) is 0. The molecular weight excluding hydrogens is 453 g/mol. The highest BCUT2D eigenvalue weighted by Crippen LogP contribution is 2.59. The summed E-state index contributed by atoms with van der Waals surface area (Å²) in [6.07, 6.45) is 0. The molecule has 0 unspecified atom stereocenters. The quantitative estimate of drug-likeness (QED) is 0.328. The van der Waals surface area contributed by atoms with Crippen LogP contribution >= 0.6 is 7.92 Å². The normalized spacial score (nSPS) is 15.2. The lowest BCUT2D eigenvalue weighted by Gasteiger charge is -2.44. The summed E-state index contributed by atoms with van der Waals surface area (Å²) in [5.74, 6) is 0. The molecule has 4 heteroatoms. The van der Waals surface area contributed by atoms with Crippen molar-refractivity contribution in [3.8, 4) is 0 Å². The standard InChI is InChI=1S/C30H42NOPS/c1-28(2,3)33(29(4,5)6)26-18-14-13-17-25(26)27(31(10)34(32)30(7,8)9)24-20-19-22-15-11-12-16-23(22)21-24/h11-21,27H,1-10H3/t27-,34-/m1/s1. The molecule has 0 saturated carbocycles. The minimum absolute atomic E-state index is 0.101. The zero-order valence-electron chi connectivity index (χ0n) is 22.6. The lowest BCUT2D eigenvalue weighted by atomic mass is 9.96. The van der Waals surface area contributed by atoms with Gasteiger partial charge in [-0.3, -0.25) is 0 Å². The molecule has 0 aromatic heterocycles. The third kappa shape index (κ3) is 5.81. The Morgan fingerprint density at radius 3 is 1.82 bits per heavy atom. The summed E-state index contributed by atoms with van der Waals surface area (Å²) in [6, 6.07) is 24.0. The van der Waals surface area contributed by atoms with Crippen LogP contribution in [0, 0.1) is 0 Å². The molecule has 3 aromatic rings. The van der Waals surface area contributed by atoms with Gasteiger partial charge in [0.05, 0.1) is 10.8 Å². The number of rotatable bonds is 5. The van der Waals surface area contributed by atoms with Crippen molar-refractivity contribution in [2.24, 2.45) is 0 Å². The molecule has 0 aliphatic heterocycles. The molecule has 0 N–H and O–H groups in total. The molecule has 0 aliphatic rings. The van der Waals surface area contributed by atoms with Gasteiger partial charge in [-0.15, -0.1) is 0 Å². The molecule has 2 atom stereocenters. The smallest absolute Gasteiger partial charge is 0.100 e. The van der Waals surface area contributed by atoms with Gasteiger partial charge in [0.2, 0.25) is 0 Å². The molecular formula is C30H42NOPS. The largest absolute Gasteiger partial charge is 0.242 e. The lowest BCUT2D eigenvalue weighted by molar-refractivity contribution is 0.441. The van der Waals surface area contributed by atoms with Gasteiger partial charge in [-0.2, -0.15) is 0 Å². The molecule has 184 valence electrons. The molecule has 0 fully saturated rings. The Balaban J connectivity index is 2.31. The van der Waals surface area contributed by atoms with Crippen LogP contribution in [0.4, 0.5) is 0 Å². The van der Waals surface area contributed by atoms with Crippen LogP contribution < -0.4 is 5.30 Å². The van der Waals surface area contributed by atoms with E-state index in [9.17, 15) is 4.21 Å². The van der Waals surface area contributed by atoms with Crippen LogP contribution in [0.3, 0.4) is 0 Å². The Labute approximate surface area is 211 Å². The van der Waals surface area contributed by atoms with Crippen molar-refractivity contribution < 1.29 is 4.21 Å². The summed E-state index contributed by atoms with van der Waals surface area (Å²) >= 11 is 0. The fourth-order valence-electron chi connectivity index (χ4n) is 5.14. The maximum Gasteiger partial charge on any atom is 0.100 e. The second-order valence-electron chi connectivity index (χ2n) is 12.2. The zero-order valence-corrected chi connectivity index (χ0v) is 24.4. The predicted octanol–water partition coefficient (Wildman–Crippen LogP) is 8.03. The first-order valence-corrected chi connectivity index (χ1v) is 14.6. The van der Waals surface area contributed by atoms with Gasteiger partial charge in [-0.25, -0.2) is 8.51 Å². The van der Waals surface area contributed by atoms with E-state index in [1.807, 2.05) is 7.05 Å². The van der Waals surface area contributed by atoms with E-state index in [0.29, 0.717) is 0 Å². The summed E-state index contributed by atoms with van der Waals surface area (Å²) in [7, 11) is 0.338. The Bertz CT molecular complexity index is 1150. The summed E-state index contributed by atoms with van der Waals surface area (Å²) < 4.78 is 15.5. The molecule has 0 saturated heterocycles. The van der Waals surface area contributed by atoms with Crippen molar-refractivity contribution in [3.63, 3.8) is 0 Å². The average Bonchev–Trinajstić information content (AvgIpc) is 2.71. The first kappa shape index (κ1) is 27.1. The summed E-state index contributed by atoms with van der Waals surface area (Å²) in [4.78, 5) is 0. The number of benzene rings is 3. The van der Waals surface area contributed by atoms with Crippen LogP contribution in [0.25, 0.3) is 10.8 Å². The van der Waals surface area contributed by atoms with E-state index in [-0.39, 0.29) is 21.1 Å². The van der Waals surface area contributed by atoms with Crippen LogP contribution in [-0.2, 0) is 11.0 Å². The molecule has 2 nitrogen and oxygen atoms in total. The van der Waals surface area contributed by atoms with Gasteiger partial charge in [-0.05, 0) is 64.4 Å². The molecule has 0 heterocycles. The van der Waals surface area contributed by atoms with Crippen molar-refractivity contribution in [1.82, 2.24) is 4.31 Å². The Morgan fingerprint density at radius 1 is 0.735 bits per heavy atom. The second-order valence-corrected chi connectivity index (χ2v) is 18.3. The Hall–Kier alpha value is -1.54. The molecule has 0 radical (unpaired) electrons. The van der Waals surface area contributed by atoms with E-state index in [0.717, 1.165) is 0 Å². The monoisotopic (exact) mass is 495 g/mol. The summed E-state index contributed by atoms with van der Waals surface area (Å²) in [6.45, 7) is 20.4. The third-order valence-electron chi connectivity index (χ3n) is 6.05. The van der Waals surface area contributed by atoms with Crippen molar-refractivity contribution in [2.75, 3.05) is 7.05 Å². The highest BCUT2D eigenvalue weighted by Gasteiger charge is 2.39. The van der Waals surface area contributed by atoms with Crippen LogP contribution in [-0.4, -0.2) is 30.6 Å². The fourth-order valence-corrected chi connectivity index (χ4v) is 10.6. The lowest BCUT2D eigenvalue weighted by Crippen LogP contribution is -2.40. The Morgan fingerprint density at radius 2 is 1.26 bits per heavy atom. The van der Waals surface area contributed by atoms with E-state index in [4.69, 9.17) is 0 Å². The van der Waals surface area contributed by atoms with E-state index in [2.05, 4.69) is 133 Å². The van der Waals surface area contributed by atoms with E-state index >= 15 is 0 Å². The van der Waals surface area contributed by atoms with Gasteiger partial charge in [0, 0.05) is 7.05 Å². The van der Waals surface area contributed by atoms with E-state index in [1.165, 1.54) is 27.2 Å². The third-order valence-corrected chi connectivity index (χ3v) is 11.4. The van der Waals surface area contributed by atoms with Gasteiger partial charge in [-0.1, -0.05) is 110 Å². The van der Waals surface area contributed by atoms with Gasteiger partial charge in [0.1, 0.15) is 11.0 Å². The number of fused-ring (bicyclic) bond motifs is 1. The van der Waals surface area contributed by atoms with Crippen molar-refractivity contribution in [2.45, 2.75) is 83.4 Å². The van der Waals surface area contributed by atoms with Gasteiger partial charge >= 0.3 is 0 Å². The molecule has 3 rings (SSSR count). The summed E-state index contributed by atoms with van der Waals surface area (Å²) in [5.41, 5.74) is 2.46. The maximum atomic E-state index is 13.7. The van der Waals surface area contributed by atoms with Gasteiger partial charge in [0.25, 0.3) is 0 Å². The predicted molar refractivity (Wildman–Crippen MR) is 154 cm³/mol. The summed E-state index contributed by atoms with van der Waals surface area (Å²) in [5, 5.41) is 4.13. The number of hydrogen-bond acceptors (Lipinski definition) is 1. The topological polar surface area (TPSA) is 20.3 Å². The van der Waals surface area contributed by atoms with Crippen molar-refractivity contribution >= 4 is 35.0 Å². The number of nitrogens with zero attached hydrogens (tertiary/aromatic N) is 1. The zero-order chi connectivity index (χ0) is 25.5. The minimum Gasteiger partial charge on any atom is -0.242 e. The van der Waals surface area contributed by atoms with Crippen LogP contribution in [0.5, 0.6) is 0 Å². The van der Waals surface area contributed by atoms with Gasteiger partial charge in [0.15, 0.2) is 0 Å². The van der Waals surface area contributed by atoms with Crippen LogP contribution in [0.15, 0.2) is 66.7 Å². The van der Waals surface area contributed by atoms with E-state index < -0.39 is 18.9 Å². The Kier molecular flexibility index (Phi) is 7.83. The molecule has 0 spiro atoms. The van der Waals surface area contributed by atoms with Crippen molar-refractivity contribution in [1.29, 1.82) is 0 Å². The molecule has 3 aromatic carbocycles. The first-order valence-electron chi connectivity index (χ1n) is 12.1. The highest BCUT2D eigenvalue weighted by molar-refractivity contribution is 7.84.